The van der Waals surface area contributed by atoms with Crippen LogP contribution >= 0.6 is 0 Å². The summed E-state index contributed by atoms with van der Waals surface area (Å²) in [6, 6.07) is 7.34. The number of carbonyl (C=O) groups excluding carboxylic acids is 2. The van der Waals surface area contributed by atoms with Crippen molar-refractivity contribution in [3.8, 4) is 0 Å². The summed E-state index contributed by atoms with van der Waals surface area (Å²) < 4.78 is 0. The Morgan fingerprint density at radius 3 is 2.70 bits per heavy atom. The number of amides is 3. The first-order valence-electron chi connectivity index (χ1n) is 9.45. The summed E-state index contributed by atoms with van der Waals surface area (Å²) in [5.41, 5.74) is 1.61. The van der Waals surface area contributed by atoms with E-state index < -0.39 is 0 Å². The number of likely N-dealkylation sites (tertiary alicyclic amines) is 1. The molecule has 2 saturated heterocycles. The summed E-state index contributed by atoms with van der Waals surface area (Å²) in [5, 5.41) is 10.1. The average molecular weight is 368 g/mol. The van der Waals surface area contributed by atoms with Crippen molar-refractivity contribution in [2.45, 2.75) is 38.5 Å². The molecule has 2 N–H and O–H groups in total. The lowest BCUT2D eigenvalue weighted by atomic mass is 9.98. The number of aryl methyl sites for hydroxylation is 1. The second-order valence-electron chi connectivity index (χ2n) is 7.19. The largest absolute Gasteiger partial charge is 0.324 e. The van der Waals surface area contributed by atoms with Gasteiger partial charge in [0.25, 0.3) is 0 Å². The van der Waals surface area contributed by atoms with Crippen LogP contribution in [0.2, 0.25) is 0 Å². The Hall–Kier alpha value is -2.90. The molecule has 1 atom stereocenters. The second-order valence-corrected chi connectivity index (χ2v) is 7.19. The minimum absolute atomic E-state index is 0.114. The number of carbonyl (C=O) groups is 2. The molecule has 8 nitrogen and oxygen atoms in total. The van der Waals surface area contributed by atoms with E-state index in [0.717, 1.165) is 55.4 Å². The molecule has 0 unspecified atom stereocenters. The van der Waals surface area contributed by atoms with E-state index in [0.29, 0.717) is 13.0 Å². The summed E-state index contributed by atoms with van der Waals surface area (Å²) in [6.45, 7) is 3.99. The number of aromatic nitrogens is 3. The molecule has 0 radical (unpaired) electrons. The van der Waals surface area contributed by atoms with Crippen molar-refractivity contribution in [1.82, 2.24) is 20.1 Å². The predicted molar refractivity (Wildman–Crippen MR) is 102 cm³/mol. The number of benzene rings is 1. The van der Waals surface area contributed by atoms with E-state index in [2.05, 4.69) is 20.5 Å². The van der Waals surface area contributed by atoms with E-state index in [4.69, 9.17) is 0 Å². The number of rotatable bonds is 3. The van der Waals surface area contributed by atoms with Crippen LogP contribution in [0.15, 0.2) is 24.3 Å². The van der Waals surface area contributed by atoms with Gasteiger partial charge in [0.15, 0.2) is 5.82 Å². The zero-order chi connectivity index (χ0) is 18.8. The lowest BCUT2D eigenvalue weighted by Gasteiger charge is -2.31. The van der Waals surface area contributed by atoms with Crippen LogP contribution in [0, 0.1) is 6.92 Å². The van der Waals surface area contributed by atoms with E-state index in [1.807, 2.05) is 36.1 Å². The van der Waals surface area contributed by atoms with Crippen LogP contribution in [0.4, 0.5) is 16.2 Å². The summed E-state index contributed by atoms with van der Waals surface area (Å²) in [7, 11) is 0. The SMILES string of the molecule is Cc1nc([C@H]2CCCN(C(=O)Nc3ccc(N4CCCC4=O)cc3)C2)n[nH]1. The second kappa shape index (κ2) is 7.38. The summed E-state index contributed by atoms with van der Waals surface area (Å²) >= 11 is 0. The fourth-order valence-corrected chi connectivity index (χ4v) is 3.76. The third-order valence-electron chi connectivity index (χ3n) is 5.19. The van der Waals surface area contributed by atoms with Crippen LogP contribution in [0.25, 0.3) is 0 Å². The topological polar surface area (TPSA) is 94.2 Å². The zero-order valence-electron chi connectivity index (χ0n) is 15.4. The number of hydrogen-bond acceptors (Lipinski definition) is 4. The number of nitrogens with zero attached hydrogens (tertiary/aromatic N) is 4. The molecule has 2 aliphatic heterocycles. The van der Waals surface area contributed by atoms with Crippen molar-refractivity contribution in [1.29, 1.82) is 0 Å². The maximum absolute atomic E-state index is 12.6. The maximum Gasteiger partial charge on any atom is 0.321 e. The van der Waals surface area contributed by atoms with Gasteiger partial charge in [-0.3, -0.25) is 9.89 Å². The maximum atomic E-state index is 12.6. The van der Waals surface area contributed by atoms with Gasteiger partial charge >= 0.3 is 6.03 Å². The number of piperidine rings is 1. The standard InChI is InChI=1S/C19H24N6O2/c1-13-20-18(23-22-13)14-4-2-10-24(12-14)19(27)21-15-6-8-16(9-7-15)25-11-3-5-17(25)26/h6-9,14H,2-5,10-12H2,1H3,(H,21,27)(H,20,22,23)/t14-/m0/s1. The van der Waals surface area contributed by atoms with Crippen LogP contribution in [0.3, 0.4) is 0 Å². The molecule has 0 spiro atoms. The number of H-pyrrole nitrogens is 1. The van der Waals surface area contributed by atoms with Gasteiger partial charge in [-0.2, -0.15) is 5.10 Å². The monoisotopic (exact) mass is 368 g/mol. The van der Waals surface area contributed by atoms with Crippen LogP contribution in [-0.2, 0) is 4.79 Å². The Bertz CT molecular complexity index is 831. The quantitative estimate of drug-likeness (QED) is 0.871. The highest BCUT2D eigenvalue weighted by Gasteiger charge is 2.27. The lowest BCUT2D eigenvalue weighted by molar-refractivity contribution is -0.117. The molecule has 0 bridgehead atoms. The molecule has 2 aliphatic rings. The minimum atomic E-state index is -0.114. The van der Waals surface area contributed by atoms with Gasteiger partial charge in [0, 0.05) is 43.3 Å². The molecule has 142 valence electrons. The number of aromatic amines is 1. The first-order valence-corrected chi connectivity index (χ1v) is 9.45. The summed E-state index contributed by atoms with van der Waals surface area (Å²) in [4.78, 5) is 32.5. The van der Waals surface area contributed by atoms with E-state index in [1.54, 1.807) is 4.90 Å². The van der Waals surface area contributed by atoms with Crippen molar-refractivity contribution < 1.29 is 9.59 Å². The molecule has 1 aromatic carbocycles. The van der Waals surface area contributed by atoms with Crippen molar-refractivity contribution in [3.63, 3.8) is 0 Å². The number of urea groups is 1. The Morgan fingerprint density at radius 1 is 1.22 bits per heavy atom. The van der Waals surface area contributed by atoms with Crippen LogP contribution in [0.5, 0.6) is 0 Å². The smallest absolute Gasteiger partial charge is 0.321 e. The van der Waals surface area contributed by atoms with E-state index >= 15 is 0 Å². The Balaban J connectivity index is 1.37. The molecule has 3 amide bonds. The fraction of sp³-hybridized carbons (Fsp3) is 0.474. The Kier molecular flexibility index (Phi) is 4.79. The van der Waals surface area contributed by atoms with Gasteiger partial charge in [0.05, 0.1) is 0 Å². The minimum Gasteiger partial charge on any atom is -0.324 e. The van der Waals surface area contributed by atoms with Gasteiger partial charge in [-0.25, -0.2) is 9.78 Å². The average Bonchev–Trinajstić information content (AvgIpc) is 3.31. The highest BCUT2D eigenvalue weighted by molar-refractivity contribution is 5.96. The first-order chi connectivity index (χ1) is 13.1. The Morgan fingerprint density at radius 2 is 2.04 bits per heavy atom. The van der Waals surface area contributed by atoms with Crippen LogP contribution in [0.1, 0.15) is 43.3 Å². The van der Waals surface area contributed by atoms with Gasteiger partial charge in [-0.05, 0) is 50.5 Å². The summed E-state index contributed by atoms with van der Waals surface area (Å²) in [5.74, 6) is 1.90. The molecule has 1 aromatic heterocycles. The molecule has 0 saturated carbocycles. The van der Waals surface area contributed by atoms with E-state index in [1.165, 1.54) is 0 Å². The third-order valence-corrected chi connectivity index (χ3v) is 5.19. The molecule has 3 heterocycles. The van der Waals surface area contributed by atoms with Gasteiger partial charge in [0.2, 0.25) is 5.91 Å². The number of anilines is 2. The van der Waals surface area contributed by atoms with Gasteiger partial charge in [-0.1, -0.05) is 0 Å². The van der Waals surface area contributed by atoms with Crippen molar-refractivity contribution >= 4 is 23.3 Å². The molecule has 2 fully saturated rings. The fourth-order valence-electron chi connectivity index (χ4n) is 3.76. The number of nitrogens with one attached hydrogen (secondary N) is 2. The number of hydrogen-bond donors (Lipinski definition) is 2. The van der Waals surface area contributed by atoms with Crippen LogP contribution in [-0.4, -0.2) is 51.7 Å². The Labute approximate surface area is 158 Å². The summed E-state index contributed by atoms with van der Waals surface area (Å²) in [6.07, 6.45) is 3.43. The van der Waals surface area contributed by atoms with Crippen molar-refractivity contribution in [3.05, 3.63) is 35.9 Å². The van der Waals surface area contributed by atoms with Crippen LogP contribution < -0.4 is 10.2 Å². The van der Waals surface area contributed by atoms with Gasteiger partial charge in [-0.15, -0.1) is 0 Å². The molecule has 0 aliphatic carbocycles. The third kappa shape index (κ3) is 3.79. The molecular formula is C19H24N6O2. The predicted octanol–water partition coefficient (Wildman–Crippen LogP) is 2.65. The van der Waals surface area contributed by atoms with Gasteiger partial charge < -0.3 is 15.1 Å². The zero-order valence-corrected chi connectivity index (χ0v) is 15.4. The molecule has 8 heteroatoms. The normalized spacial score (nSPS) is 20.2. The van der Waals surface area contributed by atoms with E-state index in [-0.39, 0.29) is 17.9 Å². The van der Waals surface area contributed by atoms with Gasteiger partial charge in [0.1, 0.15) is 5.82 Å². The molecule has 4 rings (SSSR count). The lowest BCUT2D eigenvalue weighted by Crippen LogP contribution is -2.41. The molecule has 27 heavy (non-hydrogen) atoms. The van der Waals surface area contributed by atoms with Crippen molar-refractivity contribution in [2.24, 2.45) is 0 Å². The highest BCUT2D eigenvalue weighted by Crippen LogP contribution is 2.26. The van der Waals surface area contributed by atoms with Crippen molar-refractivity contribution in [2.75, 3.05) is 29.9 Å². The van der Waals surface area contributed by atoms with E-state index in [9.17, 15) is 9.59 Å². The molecule has 2 aromatic rings. The molecular weight excluding hydrogens is 344 g/mol. The highest BCUT2D eigenvalue weighted by atomic mass is 16.2. The first kappa shape index (κ1) is 17.5.